The van der Waals surface area contributed by atoms with Crippen molar-refractivity contribution in [1.29, 1.82) is 0 Å². The number of hydrogen-bond acceptors (Lipinski definition) is 3. The monoisotopic (exact) mass is 215 g/mol. The van der Waals surface area contributed by atoms with Crippen molar-refractivity contribution in [3.8, 4) is 0 Å². The molecule has 0 saturated heterocycles. The van der Waals surface area contributed by atoms with E-state index in [1.54, 1.807) is 24.5 Å². The van der Waals surface area contributed by atoms with E-state index >= 15 is 0 Å². The Morgan fingerprint density at radius 3 is 2.44 bits per heavy atom. The molecular weight excluding hydrogens is 206 g/mol. The second-order valence-corrected chi connectivity index (χ2v) is 3.21. The Morgan fingerprint density at radius 1 is 1.19 bits per heavy atom. The van der Waals surface area contributed by atoms with Crippen LogP contribution >= 0.6 is 0 Å². The van der Waals surface area contributed by atoms with Gasteiger partial charge in [-0.1, -0.05) is 12.2 Å². The van der Waals surface area contributed by atoms with E-state index in [0.717, 1.165) is 11.1 Å². The highest BCUT2D eigenvalue weighted by Gasteiger charge is 2.01. The minimum absolute atomic E-state index is 0.0976. The van der Waals surface area contributed by atoms with Crippen molar-refractivity contribution in [3.63, 3.8) is 0 Å². The van der Waals surface area contributed by atoms with E-state index < -0.39 is 4.92 Å². The summed E-state index contributed by atoms with van der Waals surface area (Å²) >= 11 is 0. The average molecular weight is 215 g/mol. The van der Waals surface area contributed by atoms with Gasteiger partial charge in [0.15, 0.2) is 0 Å². The summed E-state index contributed by atoms with van der Waals surface area (Å²) in [6.07, 6.45) is 7.21. The van der Waals surface area contributed by atoms with Gasteiger partial charge in [-0.3, -0.25) is 15.2 Å². The minimum Gasteiger partial charge on any atom is -0.285 e. The molecular formula is C11H9N3O2. The fourth-order valence-corrected chi connectivity index (χ4v) is 1.25. The quantitative estimate of drug-likeness (QED) is 0.631. The molecule has 0 saturated carbocycles. The number of H-pyrrole nitrogens is 1. The first-order chi connectivity index (χ1) is 7.75. The first-order valence-electron chi connectivity index (χ1n) is 4.67. The third kappa shape index (κ3) is 2.33. The van der Waals surface area contributed by atoms with Gasteiger partial charge in [0.1, 0.15) is 0 Å². The van der Waals surface area contributed by atoms with Gasteiger partial charge in [-0.05, 0) is 17.7 Å². The summed E-state index contributed by atoms with van der Waals surface area (Å²) in [6.45, 7) is 0. The fourth-order valence-electron chi connectivity index (χ4n) is 1.25. The molecule has 16 heavy (non-hydrogen) atoms. The number of nitrogens with zero attached hydrogens (tertiary/aromatic N) is 2. The zero-order valence-electron chi connectivity index (χ0n) is 8.33. The molecule has 2 aromatic rings. The van der Waals surface area contributed by atoms with Crippen LogP contribution in [0, 0.1) is 10.1 Å². The first-order valence-corrected chi connectivity index (χ1v) is 4.67. The number of aromatic nitrogens is 2. The predicted molar refractivity (Wildman–Crippen MR) is 60.6 cm³/mol. The van der Waals surface area contributed by atoms with Crippen LogP contribution in [-0.2, 0) is 0 Å². The van der Waals surface area contributed by atoms with Gasteiger partial charge in [0.05, 0.1) is 11.1 Å². The highest BCUT2D eigenvalue weighted by atomic mass is 16.6. The SMILES string of the molecule is O=[N+]([O-])c1ccc(C=Cc2cn[nH]c2)cc1. The molecule has 0 unspecified atom stereocenters. The summed E-state index contributed by atoms with van der Waals surface area (Å²) in [6, 6.07) is 6.37. The second-order valence-electron chi connectivity index (χ2n) is 3.21. The average Bonchev–Trinajstić information content (AvgIpc) is 2.80. The summed E-state index contributed by atoms with van der Waals surface area (Å²) in [4.78, 5) is 10.0. The molecule has 1 aromatic heterocycles. The van der Waals surface area contributed by atoms with Gasteiger partial charge in [-0.2, -0.15) is 5.10 Å². The fraction of sp³-hybridized carbons (Fsp3) is 0. The lowest BCUT2D eigenvalue weighted by atomic mass is 10.2. The van der Waals surface area contributed by atoms with Crippen molar-refractivity contribution in [2.24, 2.45) is 0 Å². The number of benzene rings is 1. The minimum atomic E-state index is -0.413. The predicted octanol–water partition coefficient (Wildman–Crippen LogP) is 2.49. The van der Waals surface area contributed by atoms with Crippen LogP contribution in [0.25, 0.3) is 12.2 Å². The normalized spacial score (nSPS) is 10.8. The zero-order valence-corrected chi connectivity index (χ0v) is 8.33. The number of hydrogen-bond donors (Lipinski definition) is 1. The molecule has 0 radical (unpaired) electrons. The third-order valence-corrected chi connectivity index (χ3v) is 2.09. The van der Waals surface area contributed by atoms with Crippen LogP contribution in [0.2, 0.25) is 0 Å². The van der Waals surface area contributed by atoms with Gasteiger partial charge < -0.3 is 0 Å². The Kier molecular flexibility index (Phi) is 2.77. The van der Waals surface area contributed by atoms with E-state index in [4.69, 9.17) is 0 Å². The number of non-ortho nitro benzene ring substituents is 1. The van der Waals surface area contributed by atoms with Crippen LogP contribution in [0.3, 0.4) is 0 Å². The summed E-state index contributed by atoms with van der Waals surface area (Å²) in [7, 11) is 0. The highest BCUT2D eigenvalue weighted by Crippen LogP contribution is 2.13. The van der Waals surface area contributed by atoms with Crippen LogP contribution in [0.4, 0.5) is 5.69 Å². The van der Waals surface area contributed by atoms with E-state index in [1.165, 1.54) is 12.1 Å². The molecule has 0 aliphatic rings. The van der Waals surface area contributed by atoms with Gasteiger partial charge in [-0.25, -0.2) is 0 Å². The summed E-state index contributed by atoms with van der Waals surface area (Å²) in [5.74, 6) is 0. The summed E-state index contributed by atoms with van der Waals surface area (Å²) in [5.41, 5.74) is 1.96. The molecule has 0 amide bonds. The summed E-state index contributed by atoms with van der Waals surface area (Å²) in [5, 5.41) is 16.9. The van der Waals surface area contributed by atoms with Crippen molar-refractivity contribution in [2.75, 3.05) is 0 Å². The van der Waals surface area contributed by atoms with Crippen molar-refractivity contribution < 1.29 is 4.92 Å². The van der Waals surface area contributed by atoms with E-state index in [2.05, 4.69) is 10.2 Å². The number of aromatic amines is 1. The van der Waals surface area contributed by atoms with Gasteiger partial charge in [-0.15, -0.1) is 0 Å². The van der Waals surface area contributed by atoms with Gasteiger partial charge >= 0.3 is 0 Å². The number of nitro benzene ring substituents is 1. The number of nitrogens with one attached hydrogen (secondary N) is 1. The van der Waals surface area contributed by atoms with Crippen LogP contribution in [0.15, 0.2) is 36.7 Å². The molecule has 5 heteroatoms. The molecule has 2 rings (SSSR count). The first kappa shape index (κ1) is 10.1. The van der Waals surface area contributed by atoms with Crippen molar-refractivity contribution >= 4 is 17.8 Å². The van der Waals surface area contributed by atoms with E-state index in [1.807, 2.05) is 12.2 Å². The molecule has 1 heterocycles. The van der Waals surface area contributed by atoms with Crippen LogP contribution in [-0.4, -0.2) is 15.1 Å². The number of rotatable bonds is 3. The van der Waals surface area contributed by atoms with Crippen molar-refractivity contribution in [3.05, 3.63) is 57.9 Å². The van der Waals surface area contributed by atoms with Gasteiger partial charge in [0.25, 0.3) is 5.69 Å². The smallest absolute Gasteiger partial charge is 0.269 e. The topological polar surface area (TPSA) is 71.8 Å². The summed E-state index contributed by atoms with van der Waals surface area (Å²) < 4.78 is 0. The molecule has 0 atom stereocenters. The maximum Gasteiger partial charge on any atom is 0.269 e. The molecule has 0 spiro atoms. The lowest BCUT2D eigenvalue weighted by Crippen LogP contribution is -1.86. The van der Waals surface area contributed by atoms with Gasteiger partial charge in [0.2, 0.25) is 0 Å². The standard InChI is InChI=1S/C11H9N3O2/c15-14(16)11-5-3-9(4-6-11)1-2-10-7-12-13-8-10/h1-8H,(H,12,13). The molecule has 1 aromatic carbocycles. The molecule has 5 nitrogen and oxygen atoms in total. The van der Waals surface area contributed by atoms with Crippen LogP contribution < -0.4 is 0 Å². The lowest BCUT2D eigenvalue weighted by Gasteiger charge is -1.92. The zero-order chi connectivity index (χ0) is 11.4. The molecule has 1 N–H and O–H groups in total. The van der Waals surface area contributed by atoms with Crippen LogP contribution in [0.1, 0.15) is 11.1 Å². The lowest BCUT2D eigenvalue weighted by molar-refractivity contribution is -0.384. The molecule has 0 aliphatic heterocycles. The van der Waals surface area contributed by atoms with Crippen LogP contribution in [0.5, 0.6) is 0 Å². The Hall–Kier alpha value is -2.43. The second kappa shape index (κ2) is 4.39. The van der Waals surface area contributed by atoms with E-state index in [0.29, 0.717) is 0 Å². The Bertz CT molecular complexity index is 501. The maximum atomic E-state index is 10.4. The Labute approximate surface area is 91.6 Å². The largest absolute Gasteiger partial charge is 0.285 e. The number of nitro groups is 1. The van der Waals surface area contributed by atoms with E-state index in [9.17, 15) is 10.1 Å². The molecule has 0 fully saturated rings. The Morgan fingerprint density at radius 2 is 1.88 bits per heavy atom. The highest BCUT2D eigenvalue weighted by molar-refractivity contribution is 5.69. The molecule has 80 valence electrons. The molecule has 0 bridgehead atoms. The Balaban J connectivity index is 2.14. The van der Waals surface area contributed by atoms with Gasteiger partial charge in [0, 0.05) is 23.9 Å². The molecule has 0 aliphatic carbocycles. The maximum absolute atomic E-state index is 10.4. The van der Waals surface area contributed by atoms with Crippen molar-refractivity contribution in [2.45, 2.75) is 0 Å². The third-order valence-electron chi connectivity index (χ3n) is 2.09. The van der Waals surface area contributed by atoms with E-state index in [-0.39, 0.29) is 5.69 Å². The van der Waals surface area contributed by atoms with Crippen molar-refractivity contribution in [1.82, 2.24) is 10.2 Å².